The molecule has 1 aromatic heterocycles. The van der Waals surface area contributed by atoms with Crippen LogP contribution in [0.4, 0.5) is 10.1 Å². The summed E-state index contributed by atoms with van der Waals surface area (Å²) in [7, 11) is 0. The van der Waals surface area contributed by atoms with Crippen molar-refractivity contribution >= 4 is 17.3 Å². The molecular weight excluding hydrogens is 253 g/mol. The molecule has 1 aromatic carbocycles. The molecule has 0 bridgehead atoms. The fraction of sp³-hybridized carbons (Fsp3) is 0.308. The lowest BCUT2D eigenvalue weighted by atomic mass is 10.3. The Morgan fingerprint density at radius 2 is 2.28 bits per heavy atom. The van der Waals surface area contributed by atoms with Gasteiger partial charge in [0.1, 0.15) is 11.6 Å². The summed E-state index contributed by atoms with van der Waals surface area (Å²) in [5, 5.41) is 3.37. The maximum Gasteiger partial charge on any atom is 0.147 e. The number of para-hydroxylation sites is 1. The Hall–Kier alpha value is -1.55. The van der Waals surface area contributed by atoms with Crippen molar-refractivity contribution in [2.24, 2.45) is 0 Å². The highest BCUT2D eigenvalue weighted by atomic mass is 35.5. The first-order chi connectivity index (χ1) is 8.72. The molecular formula is C13H15ClFN3. The van der Waals surface area contributed by atoms with Crippen LogP contribution >= 0.6 is 11.6 Å². The third-order valence-electron chi connectivity index (χ3n) is 2.65. The van der Waals surface area contributed by atoms with Crippen molar-refractivity contribution in [3.05, 3.63) is 47.3 Å². The summed E-state index contributed by atoms with van der Waals surface area (Å²) in [4.78, 5) is 4.24. The molecule has 0 saturated heterocycles. The molecule has 0 unspecified atom stereocenters. The number of rotatable bonds is 5. The van der Waals surface area contributed by atoms with E-state index in [1.165, 1.54) is 6.07 Å². The van der Waals surface area contributed by atoms with E-state index in [1.807, 2.05) is 10.8 Å². The van der Waals surface area contributed by atoms with Gasteiger partial charge in [0, 0.05) is 18.9 Å². The van der Waals surface area contributed by atoms with Gasteiger partial charge in [-0.25, -0.2) is 9.37 Å². The fourth-order valence-electron chi connectivity index (χ4n) is 1.79. The molecule has 96 valence electrons. The van der Waals surface area contributed by atoms with E-state index in [4.69, 9.17) is 11.6 Å². The van der Waals surface area contributed by atoms with Crippen LogP contribution in [-0.2, 0) is 13.1 Å². The molecule has 2 aromatic rings. The van der Waals surface area contributed by atoms with Gasteiger partial charge in [-0.2, -0.15) is 0 Å². The number of nitrogens with one attached hydrogen (secondary N) is 1. The zero-order chi connectivity index (χ0) is 13.0. The Bertz CT molecular complexity index is 504. The molecule has 0 amide bonds. The molecule has 0 aliphatic heterocycles. The minimum absolute atomic E-state index is 0.324. The van der Waals surface area contributed by atoms with Gasteiger partial charge in [-0.1, -0.05) is 24.6 Å². The molecule has 5 heteroatoms. The zero-order valence-corrected chi connectivity index (χ0v) is 10.9. The number of anilines is 1. The molecule has 2 rings (SSSR count). The smallest absolute Gasteiger partial charge is 0.147 e. The zero-order valence-electron chi connectivity index (χ0n) is 10.2. The summed E-state index contributed by atoms with van der Waals surface area (Å²) in [5.41, 5.74) is 0.324. The fourth-order valence-corrected chi connectivity index (χ4v) is 2.02. The van der Waals surface area contributed by atoms with Gasteiger partial charge >= 0.3 is 0 Å². The standard InChI is InChI=1S/C13H15ClFN3/c1-2-7-18-8-6-16-12(18)9-17-13-10(14)4-3-5-11(13)15/h3-6,8,17H,2,7,9H2,1H3. The van der Waals surface area contributed by atoms with Gasteiger partial charge in [0.2, 0.25) is 0 Å². The van der Waals surface area contributed by atoms with Crippen molar-refractivity contribution in [2.45, 2.75) is 26.4 Å². The van der Waals surface area contributed by atoms with E-state index in [2.05, 4.69) is 17.2 Å². The van der Waals surface area contributed by atoms with Crippen LogP contribution < -0.4 is 5.32 Å². The average molecular weight is 268 g/mol. The molecule has 0 radical (unpaired) electrons. The lowest BCUT2D eigenvalue weighted by molar-refractivity contribution is 0.625. The Morgan fingerprint density at radius 1 is 1.44 bits per heavy atom. The molecule has 0 spiro atoms. The van der Waals surface area contributed by atoms with Gasteiger partial charge in [-0.15, -0.1) is 0 Å². The number of imidazole rings is 1. The summed E-state index contributed by atoms with van der Waals surface area (Å²) >= 11 is 5.94. The predicted octanol–water partition coefficient (Wildman–Crippen LogP) is 3.70. The third kappa shape index (κ3) is 2.82. The number of halogens is 2. The summed E-state index contributed by atoms with van der Waals surface area (Å²) < 4.78 is 15.6. The van der Waals surface area contributed by atoms with E-state index in [0.29, 0.717) is 17.3 Å². The van der Waals surface area contributed by atoms with E-state index >= 15 is 0 Å². The Kier molecular flexibility index (Phi) is 4.20. The Balaban J connectivity index is 2.09. The highest BCUT2D eigenvalue weighted by molar-refractivity contribution is 6.33. The number of hydrogen-bond donors (Lipinski definition) is 1. The third-order valence-corrected chi connectivity index (χ3v) is 2.97. The maximum absolute atomic E-state index is 13.6. The van der Waals surface area contributed by atoms with Gasteiger partial charge in [-0.3, -0.25) is 0 Å². The average Bonchev–Trinajstić information content (AvgIpc) is 2.77. The first-order valence-electron chi connectivity index (χ1n) is 5.90. The lowest BCUT2D eigenvalue weighted by Crippen LogP contribution is -2.09. The second-order valence-corrected chi connectivity index (χ2v) is 4.39. The first-order valence-corrected chi connectivity index (χ1v) is 6.28. The monoisotopic (exact) mass is 267 g/mol. The molecule has 1 heterocycles. The molecule has 0 atom stereocenters. The van der Waals surface area contributed by atoms with Crippen molar-refractivity contribution in [1.82, 2.24) is 9.55 Å². The number of benzene rings is 1. The molecule has 0 aliphatic carbocycles. The summed E-state index contributed by atoms with van der Waals surface area (Å²) in [5.74, 6) is 0.521. The number of aromatic nitrogens is 2. The highest BCUT2D eigenvalue weighted by Gasteiger charge is 2.08. The normalized spacial score (nSPS) is 10.6. The molecule has 18 heavy (non-hydrogen) atoms. The van der Waals surface area contributed by atoms with Gasteiger partial charge in [0.05, 0.1) is 17.3 Å². The molecule has 0 saturated carbocycles. The van der Waals surface area contributed by atoms with Gasteiger partial charge in [0.25, 0.3) is 0 Å². The van der Waals surface area contributed by atoms with Crippen LogP contribution in [-0.4, -0.2) is 9.55 Å². The van der Waals surface area contributed by atoms with Crippen LogP contribution in [0.15, 0.2) is 30.6 Å². The van der Waals surface area contributed by atoms with E-state index in [0.717, 1.165) is 18.8 Å². The van der Waals surface area contributed by atoms with E-state index in [9.17, 15) is 4.39 Å². The lowest BCUT2D eigenvalue weighted by Gasteiger charge is -2.10. The van der Waals surface area contributed by atoms with Crippen molar-refractivity contribution in [3.63, 3.8) is 0 Å². The van der Waals surface area contributed by atoms with Crippen LogP contribution in [0.25, 0.3) is 0 Å². The second-order valence-electron chi connectivity index (χ2n) is 3.99. The number of aryl methyl sites for hydroxylation is 1. The van der Waals surface area contributed by atoms with Crippen molar-refractivity contribution in [2.75, 3.05) is 5.32 Å². The minimum atomic E-state index is -0.351. The van der Waals surface area contributed by atoms with Crippen LogP contribution in [0.1, 0.15) is 19.2 Å². The topological polar surface area (TPSA) is 29.9 Å². The first kappa shape index (κ1) is 12.9. The van der Waals surface area contributed by atoms with Crippen molar-refractivity contribution in [1.29, 1.82) is 0 Å². The number of hydrogen-bond acceptors (Lipinski definition) is 2. The van der Waals surface area contributed by atoms with Gasteiger partial charge in [0.15, 0.2) is 0 Å². The van der Waals surface area contributed by atoms with Crippen LogP contribution in [0.5, 0.6) is 0 Å². The second kappa shape index (κ2) is 5.87. The predicted molar refractivity (Wildman–Crippen MR) is 71.3 cm³/mol. The highest BCUT2D eigenvalue weighted by Crippen LogP contribution is 2.24. The summed E-state index contributed by atoms with van der Waals surface area (Å²) in [6.45, 7) is 3.46. The van der Waals surface area contributed by atoms with E-state index < -0.39 is 0 Å². The quantitative estimate of drug-likeness (QED) is 0.895. The Labute approximate surface area is 111 Å². The van der Waals surface area contributed by atoms with E-state index in [1.54, 1.807) is 18.3 Å². The molecule has 0 aliphatic rings. The van der Waals surface area contributed by atoms with Gasteiger partial charge in [-0.05, 0) is 18.6 Å². The van der Waals surface area contributed by atoms with E-state index in [-0.39, 0.29) is 5.82 Å². The van der Waals surface area contributed by atoms with Crippen LogP contribution in [0.3, 0.4) is 0 Å². The summed E-state index contributed by atoms with van der Waals surface area (Å²) in [6, 6.07) is 4.62. The maximum atomic E-state index is 13.6. The molecule has 1 N–H and O–H groups in total. The summed E-state index contributed by atoms with van der Waals surface area (Å²) in [6.07, 6.45) is 4.70. The van der Waals surface area contributed by atoms with Crippen molar-refractivity contribution in [3.8, 4) is 0 Å². The minimum Gasteiger partial charge on any atom is -0.374 e. The van der Waals surface area contributed by atoms with Crippen LogP contribution in [0, 0.1) is 5.82 Å². The largest absolute Gasteiger partial charge is 0.374 e. The Morgan fingerprint density at radius 3 is 3.00 bits per heavy atom. The van der Waals surface area contributed by atoms with Crippen LogP contribution in [0.2, 0.25) is 5.02 Å². The van der Waals surface area contributed by atoms with Crippen molar-refractivity contribution < 1.29 is 4.39 Å². The molecule has 3 nitrogen and oxygen atoms in total. The number of nitrogens with zero attached hydrogens (tertiary/aromatic N) is 2. The SMILES string of the molecule is CCCn1ccnc1CNc1c(F)cccc1Cl. The van der Waals surface area contributed by atoms with Gasteiger partial charge < -0.3 is 9.88 Å². The molecule has 0 fully saturated rings.